The Balaban J connectivity index is 2.85. The summed E-state index contributed by atoms with van der Waals surface area (Å²) in [5.41, 5.74) is 0. The second-order valence-corrected chi connectivity index (χ2v) is 3.82. The van der Waals surface area contributed by atoms with Crippen LogP contribution >= 0.6 is 11.6 Å². The van der Waals surface area contributed by atoms with Crippen molar-refractivity contribution in [1.29, 1.82) is 0 Å². The number of amidine groups is 1. The van der Waals surface area contributed by atoms with E-state index in [1.54, 1.807) is 0 Å². The summed E-state index contributed by atoms with van der Waals surface area (Å²) < 4.78 is 0. The Bertz CT molecular complexity index is 234. The van der Waals surface area contributed by atoms with Gasteiger partial charge < -0.3 is 0 Å². The van der Waals surface area contributed by atoms with Crippen LogP contribution in [0.2, 0.25) is 0 Å². The molecule has 5 heteroatoms. The van der Waals surface area contributed by atoms with E-state index < -0.39 is 0 Å². The van der Waals surface area contributed by atoms with Crippen molar-refractivity contribution in [3.63, 3.8) is 0 Å². The van der Waals surface area contributed by atoms with E-state index in [1.807, 2.05) is 24.0 Å². The van der Waals surface area contributed by atoms with Crippen molar-refractivity contribution in [2.24, 2.45) is 10.1 Å². The Kier molecular flexibility index (Phi) is 3.14. The van der Waals surface area contributed by atoms with Crippen LogP contribution in [0.5, 0.6) is 0 Å². The van der Waals surface area contributed by atoms with Gasteiger partial charge in [0.2, 0.25) is 5.29 Å². The molecule has 0 spiro atoms. The van der Waals surface area contributed by atoms with Crippen molar-refractivity contribution in [2.45, 2.75) is 39.8 Å². The Morgan fingerprint density at radius 1 is 1.23 bits per heavy atom. The molecular weight excluding hydrogens is 188 g/mol. The van der Waals surface area contributed by atoms with Crippen molar-refractivity contribution >= 4 is 23.2 Å². The second kappa shape index (κ2) is 3.96. The van der Waals surface area contributed by atoms with Crippen molar-refractivity contribution in [3.8, 4) is 0 Å². The molecule has 0 aromatic rings. The van der Waals surface area contributed by atoms with Crippen LogP contribution in [0.3, 0.4) is 0 Å². The molecule has 0 amide bonds. The summed E-state index contributed by atoms with van der Waals surface area (Å²) in [7, 11) is 0. The number of halogens is 1. The highest BCUT2D eigenvalue weighted by Crippen LogP contribution is 2.15. The van der Waals surface area contributed by atoms with Gasteiger partial charge in [-0.2, -0.15) is 5.12 Å². The molecule has 0 saturated carbocycles. The van der Waals surface area contributed by atoms with Gasteiger partial charge in [-0.1, -0.05) is 0 Å². The monoisotopic (exact) mass is 202 g/mol. The van der Waals surface area contributed by atoms with Crippen LogP contribution in [0.25, 0.3) is 0 Å². The Labute approximate surface area is 83.8 Å². The SMILES string of the molecule is CC(C)N1N=CN=C(Cl)N1C(C)C. The van der Waals surface area contributed by atoms with Crippen molar-refractivity contribution in [2.75, 3.05) is 0 Å². The van der Waals surface area contributed by atoms with Gasteiger partial charge in [-0.3, -0.25) is 0 Å². The molecule has 0 unspecified atom stereocenters. The first-order chi connectivity index (χ1) is 6.04. The van der Waals surface area contributed by atoms with E-state index in [4.69, 9.17) is 11.6 Å². The third kappa shape index (κ3) is 2.12. The summed E-state index contributed by atoms with van der Waals surface area (Å²) >= 11 is 5.96. The van der Waals surface area contributed by atoms with Gasteiger partial charge in [0.1, 0.15) is 6.34 Å². The molecule has 1 aliphatic rings. The third-order valence-corrected chi connectivity index (χ3v) is 1.97. The van der Waals surface area contributed by atoms with Crippen LogP contribution in [0.15, 0.2) is 10.1 Å². The van der Waals surface area contributed by atoms with Gasteiger partial charge in [-0.15, -0.1) is 5.10 Å². The molecule has 0 aliphatic carbocycles. The van der Waals surface area contributed by atoms with Gasteiger partial charge in [0.15, 0.2) is 0 Å². The van der Waals surface area contributed by atoms with Crippen molar-refractivity contribution < 1.29 is 0 Å². The average Bonchev–Trinajstić information content (AvgIpc) is 2.02. The highest BCUT2D eigenvalue weighted by molar-refractivity contribution is 6.65. The molecule has 13 heavy (non-hydrogen) atoms. The molecular formula is C8H15ClN4. The lowest BCUT2D eigenvalue weighted by atomic mass is 10.3. The predicted octanol–water partition coefficient (Wildman–Crippen LogP) is 1.87. The highest BCUT2D eigenvalue weighted by atomic mass is 35.5. The standard InChI is InChI=1S/C8H15ClN4/c1-6(2)12-8(9)10-5-11-13(12)7(3)4/h5-7H,1-4H3. The normalized spacial score (nSPS) is 17.3. The van der Waals surface area contributed by atoms with E-state index in [9.17, 15) is 0 Å². The van der Waals surface area contributed by atoms with E-state index >= 15 is 0 Å². The molecule has 0 aromatic heterocycles. The summed E-state index contributed by atoms with van der Waals surface area (Å²) in [6.07, 6.45) is 1.47. The molecule has 0 fully saturated rings. The zero-order valence-corrected chi connectivity index (χ0v) is 9.15. The molecule has 0 saturated heterocycles. The number of hydrogen-bond acceptors (Lipinski definition) is 4. The lowest BCUT2D eigenvalue weighted by Gasteiger charge is -2.39. The smallest absolute Gasteiger partial charge is 0.220 e. The summed E-state index contributed by atoms with van der Waals surface area (Å²) in [4.78, 5) is 3.94. The minimum Gasteiger partial charge on any atom is -0.239 e. The molecule has 74 valence electrons. The van der Waals surface area contributed by atoms with Crippen LogP contribution in [0.1, 0.15) is 27.7 Å². The minimum absolute atomic E-state index is 0.260. The average molecular weight is 203 g/mol. The number of hydrazone groups is 1. The molecule has 0 radical (unpaired) electrons. The number of hydrogen-bond donors (Lipinski definition) is 0. The Morgan fingerprint density at radius 3 is 2.23 bits per heavy atom. The summed E-state index contributed by atoms with van der Waals surface area (Å²) in [6, 6.07) is 0.541. The van der Waals surface area contributed by atoms with Crippen LogP contribution in [0, 0.1) is 0 Å². The maximum Gasteiger partial charge on any atom is 0.220 e. The lowest BCUT2D eigenvalue weighted by molar-refractivity contribution is -0.00730. The van der Waals surface area contributed by atoms with Crippen LogP contribution in [0.4, 0.5) is 0 Å². The first-order valence-corrected chi connectivity index (χ1v) is 4.76. The van der Waals surface area contributed by atoms with Crippen LogP contribution < -0.4 is 0 Å². The van der Waals surface area contributed by atoms with Crippen molar-refractivity contribution in [1.82, 2.24) is 10.1 Å². The van der Waals surface area contributed by atoms with Crippen molar-refractivity contribution in [3.05, 3.63) is 0 Å². The first-order valence-electron chi connectivity index (χ1n) is 4.38. The van der Waals surface area contributed by atoms with Gasteiger partial charge in [-0.25, -0.2) is 10.0 Å². The van der Waals surface area contributed by atoms with Gasteiger partial charge in [0, 0.05) is 6.04 Å². The fourth-order valence-corrected chi connectivity index (χ4v) is 1.47. The van der Waals surface area contributed by atoms with E-state index in [0.29, 0.717) is 5.29 Å². The maximum atomic E-state index is 5.96. The molecule has 1 aliphatic heterocycles. The number of rotatable bonds is 2. The maximum absolute atomic E-state index is 5.96. The van der Waals surface area contributed by atoms with Crippen LogP contribution in [-0.2, 0) is 0 Å². The van der Waals surface area contributed by atoms with E-state index in [1.165, 1.54) is 6.34 Å². The molecule has 1 rings (SSSR count). The second-order valence-electron chi connectivity index (χ2n) is 3.48. The zero-order chi connectivity index (χ0) is 10.0. The Hall–Kier alpha value is -0.770. The first kappa shape index (κ1) is 10.3. The van der Waals surface area contributed by atoms with Gasteiger partial charge in [-0.05, 0) is 39.3 Å². The number of nitrogens with zero attached hydrogens (tertiary/aromatic N) is 4. The van der Waals surface area contributed by atoms with E-state index in [2.05, 4.69) is 23.9 Å². The Morgan fingerprint density at radius 2 is 1.85 bits per heavy atom. The fraction of sp³-hybridized carbons (Fsp3) is 0.750. The molecule has 0 atom stereocenters. The third-order valence-electron chi connectivity index (χ3n) is 1.70. The quantitative estimate of drug-likeness (QED) is 0.641. The summed E-state index contributed by atoms with van der Waals surface area (Å²) in [5.74, 6) is 0. The summed E-state index contributed by atoms with van der Waals surface area (Å²) in [5, 5.41) is 8.32. The number of hydrazine groups is 1. The summed E-state index contributed by atoms with van der Waals surface area (Å²) in [6.45, 7) is 8.21. The van der Waals surface area contributed by atoms with Gasteiger partial charge in [0.05, 0.1) is 6.04 Å². The highest BCUT2D eigenvalue weighted by Gasteiger charge is 2.24. The fourth-order valence-electron chi connectivity index (χ4n) is 1.16. The zero-order valence-electron chi connectivity index (χ0n) is 8.40. The molecule has 4 nitrogen and oxygen atoms in total. The molecule has 1 heterocycles. The topological polar surface area (TPSA) is 31.2 Å². The predicted molar refractivity (Wildman–Crippen MR) is 55.7 cm³/mol. The van der Waals surface area contributed by atoms with Gasteiger partial charge in [0.25, 0.3) is 0 Å². The van der Waals surface area contributed by atoms with Crippen LogP contribution in [-0.4, -0.2) is 33.8 Å². The molecule has 0 bridgehead atoms. The lowest BCUT2D eigenvalue weighted by Crippen LogP contribution is -2.50. The van der Waals surface area contributed by atoms with E-state index in [0.717, 1.165) is 0 Å². The largest absolute Gasteiger partial charge is 0.239 e. The number of aliphatic imine (C=N–C) groups is 1. The van der Waals surface area contributed by atoms with E-state index in [-0.39, 0.29) is 12.1 Å². The minimum atomic E-state index is 0.260. The molecule has 0 N–H and O–H groups in total. The van der Waals surface area contributed by atoms with Gasteiger partial charge >= 0.3 is 0 Å². The molecule has 0 aromatic carbocycles.